The molecule has 0 aliphatic heterocycles. The second-order valence-corrected chi connectivity index (χ2v) is 16.4. The molecular weight excluding hydrogens is 775 g/mol. The van der Waals surface area contributed by atoms with Crippen molar-refractivity contribution in [2.75, 3.05) is 4.90 Å². The molecule has 0 unspecified atom stereocenters. The standard InChI is InChI=1S/C62H41NO/c1-4-16-42(17-5-1)43-30-35-49(36-31-43)63(50-37-32-44(33-38-50)52-27-15-28-57-55-25-12-13-29-59(55)64-62(52)57)51-23-14-22-47(40-51)48-34-39-54-53-24-10-11-26-56(53)60(45-18-6-2-7-19-45)61(58(54)41-48)46-20-8-3-9-21-46/h1-41H. The topological polar surface area (TPSA) is 16.4 Å². The highest BCUT2D eigenvalue weighted by molar-refractivity contribution is 6.22. The van der Waals surface area contributed by atoms with E-state index in [4.69, 9.17) is 4.42 Å². The number of benzene rings is 11. The Morgan fingerprint density at radius 2 is 0.719 bits per heavy atom. The predicted octanol–water partition coefficient (Wildman–Crippen LogP) is 17.7. The lowest BCUT2D eigenvalue weighted by atomic mass is 9.84. The average molecular weight is 816 g/mol. The summed E-state index contributed by atoms with van der Waals surface area (Å²) < 4.78 is 6.46. The second-order valence-electron chi connectivity index (χ2n) is 16.4. The molecule has 0 spiro atoms. The quantitative estimate of drug-likeness (QED) is 0.142. The van der Waals surface area contributed by atoms with E-state index in [1.165, 1.54) is 54.9 Å². The van der Waals surface area contributed by atoms with E-state index in [9.17, 15) is 0 Å². The molecule has 300 valence electrons. The van der Waals surface area contributed by atoms with E-state index in [0.717, 1.165) is 61.3 Å². The molecule has 12 rings (SSSR count). The number of rotatable bonds is 8. The van der Waals surface area contributed by atoms with E-state index in [-0.39, 0.29) is 0 Å². The first kappa shape index (κ1) is 37.3. The zero-order valence-corrected chi connectivity index (χ0v) is 35.0. The first-order valence-electron chi connectivity index (χ1n) is 21.9. The smallest absolute Gasteiger partial charge is 0.143 e. The molecule has 0 aliphatic carbocycles. The summed E-state index contributed by atoms with van der Waals surface area (Å²) in [5, 5.41) is 7.24. The largest absolute Gasteiger partial charge is 0.455 e. The summed E-state index contributed by atoms with van der Waals surface area (Å²) in [6.07, 6.45) is 0. The third-order valence-electron chi connectivity index (χ3n) is 12.7. The summed E-state index contributed by atoms with van der Waals surface area (Å²) in [5.74, 6) is 0. The minimum Gasteiger partial charge on any atom is -0.455 e. The van der Waals surface area contributed by atoms with Crippen LogP contribution in [0, 0.1) is 0 Å². The highest BCUT2D eigenvalue weighted by atomic mass is 16.3. The number of hydrogen-bond donors (Lipinski definition) is 0. The minimum absolute atomic E-state index is 0.902. The molecule has 0 saturated carbocycles. The van der Waals surface area contributed by atoms with Crippen LogP contribution < -0.4 is 4.90 Å². The van der Waals surface area contributed by atoms with E-state index in [1.807, 2.05) is 12.1 Å². The summed E-state index contributed by atoms with van der Waals surface area (Å²) in [5.41, 5.74) is 16.8. The Labute approximate surface area is 372 Å². The lowest BCUT2D eigenvalue weighted by Gasteiger charge is -2.26. The summed E-state index contributed by atoms with van der Waals surface area (Å²) >= 11 is 0. The SMILES string of the molecule is c1ccc(-c2ccc(N(c3ccc(-c4cccc5c4oc4ccccc45)cc3)c3cccc(-c4ccc5c(c4)c(-c4ccccc4)c(-c4ccccc4)c4ccccc45)c3)cc2)cc1. The molecule has 1 heterocycles. The zero-order chi connectivity index (χ0) is 42.4. The van der Waals surface area contributed by atoms with Gasteiger partial charge in [-0.05, 0) is 120 Å². The third kappa shape index (κ3) is 6.52. The molecule has 1 aromatic heterocycles. The Morgan fingerprint density at radius 1 is 0.250 bits per heavy atom. The van der Waals surface area contributed by atoms with E-state index in [0.29, 0.717) is 0 Å². The number of nitrogens with zero attached hydrogens (tertiary/aromatic N) is 1. The van der Waals surface area contributed by atoms with Crippen LogP contribution in [-0.2, 0) is 0 Å². The highest BCUT2D eigenvalue weighted by Gasteiger charge is 2.20. The predicted molar refractivity (Wildman–Crippen MR) is 271 cm³/mol. The Bertz CT molecular complexity index is 3630. The van der Waals surface area contributed by atoms with Gasteiger partial charge in [0, 0.05) is 33.4 Å². The van der Waals surface area contributed by atoms with Gasteiger partial charge in [-0.25, -0.2) is 0 Å². The Morgan fingerprint density at radius 3 is 1.41 bits per heavy atom. The van der Waals surface area contributed by atoms with Crippen LogP contribution in [0.2, 0.25) is 0 Å². The van der Waals surface area contributed by atoms with Gasteiger partial charge in [0.1, 0.15) is 11.2 Å². The van der Waals surface area contributed by atoms with Gasteiger partial charge in [-0.15, -0.1) is 0 Å². The first-order valence-corrected chi connectivity index (χ1v) is 21.9. The molecule has 11 aromatic carbocycles. The van der Waals surface area contributed by atoms with Crippen LogP contribution in [0.15, 0.2) is 253 Å². The summed E-state index contributed by atoms with van der Waals surface area (Å²) in [6, 6.07) is 89.6. The van der Waals surface area contributed by atoms with Crippen molar-refractivity contribution in [2.24, 2.45) is 0 Å². The number of hydrogen-bond acceptors (Lipinski definition) is 2. The average Bonchev–Trinajstić information content (AvgIpc) is 3.76. The van der Waals surface area contributed by atoms with Crippen LogP contribution in [0.1, 0.15) is 0 Å². The molecule has 0 N–H and O–H groups in total. The zero-order valence-electron chi connectivity index (χ0n) is 35.0. The van der Waals surface area contributed by atoms with Crippen molar-refractivity contribution in [1.82, 2.24) is 0 Å². The van der Waals surface area contributed by atoms with Crippen molar-refractivity contribution in [2.45, 2.75) is 0 Å². The fraction of sp³-hybridized carbons (Fsp3) is 0. The van der Waals surface area contributed by atoms with E-state index in [1.54, 1.807) is 0 Å². The molecule has 64 heavy (non-hydrogen) atoms. The van der Waals surface area contributed by atoms with Gasteiger partial charge in [0.2, 0.25) is 0 Å². The maximum Gasteiger partial charge on any atom is 0.143 e. The Hall–Kier alpha value is -8.46. The van der Waals surface area contributed by atoms with E-state index >= 15 is 0 Å². The fourth-order valence-corrected chi connectivity index (χ4v) is 9.65. The van der Waals surface area contributed by atoms with Crippen molar-refractivity contribution in [1.29, 1.82) is 0 Å². The minimum atomic E-state index is 0.902. The van der Waals surface area contributed by atoms with Gasteiger partial charge in [0.25, 0.3) is 0 Å². The van der Waals surface area contributed by atoms with Gasteiger partial charge < -0.3 is 9.32 Å². The monoisotopic (exact) mass is 815 g/mol. The molecule has 2 nitrogen and oxygen atoms in total. The number of furan rings is 1. The molecule has 2 heteroatoms. The lowest BCUT2D eigenvalue weighted by Crippen LogP contribution is -2.10. The van der Waals surface area contributed by atoms with Crippen LogP contribution in [0.25, 0.3) is 99.1 Å². The molecule has 0 amide bonds. The number of anilines is 3. The van der Waals surface area contributed by atoms with Crippen LogP contribution >= 0.6 is 0 Å². The van der Waals surface area contributed by atoms with Gasteiger partial charge in [-0.3, -0.25) is 0 Å². The van der Waals surface area contributed by atoms with E-state index in [2.05, 4.69) is 241 Å². The molecule has 12 aromatic rings. The van der Waals surface area contributed by atoms with Crippen molar-refractivity contribution in [3.05, 3.63) is 249 Å². The molecule has 0 fully saturated rings. The maximum absolute atomic E-state index is 6.46. The maximum atomic E-state index is 6.46. The van der Waals surface area contributed by atoms with Crippen molar-refractivity contribution in [3.8, 4) is 55.6 Å². The van der Waals surface area contributed by atoms with Crippen LogP contribution in [-0.4, -0.2) is 0 Å². The molecule has 0 saturated heterocycles. The van der Waals surface area contributed by atoms with Crippen LogP contribution in [0.3, 0.4) is 0 Å². The van der Waals surface area contributed by atoms with Gasteiger partial charge in [0.15, 0.2) is 0 Å². The van der Waals surface area contributed by atoms with Crippen molar-refractivity contribution < 1.29 is 4.42 Å². The Balaban J connectivity index is 1.01. The summed E-state index contributed by atoms with van der Waals surface area (Å²) in [4.78, 5) is 2.36. The summed E-state index contributed by atoms with van der Waals surface area (Å²) in [7, 11) is 0. The third-order valence-corrected chi connectivity index (χ3v) is 12.7. The van der Waals surface area contributed by atoms with Gasteiger partial charge in [0.05, 0.1) is 0 Å². The van der Waals surface area contributed by atoms with Gasteiger partial charge in [-0.1, -0.05) is 200 Å². The molecular formula is C62H41NO. The van der Waals surface area contributed by atoms with Crippen LogP contribution in [0.5, 0.6) is 0 Å². The lowest BCUT2D eigenvalue weighted by molar-refractivity contribution is 0.670. The van der Waals surface area contributed by atoms with Crippen LogP contribution in [0.4, 0.5) is 17.1 Å². The van der Waals surface area contributed by atoms with Gasteiger partial charge in [-0.2, -0.15) is 0 Å². The Kier molecular flexibility index (Phi) is 9.20. The highest BCUT2D eigenvalue weighted by Crippen LogP contribution is 2.46. The van der Waals surface area contributed by atoms with E-state index < -0.39 is 0 Å². The summed E-state index contributed by atoms with van der Waals surface area (Å²) in [6.45, 7) is 0. The normalized spacial score (nSPS) is 11.4. The first-order chi connectivity index (χ1) is 31.7. The van der Waals surface area contributed by atoms with Crippen molar-refractivity contribution >= 4 is 60.5 Å². The molecule has 0 atom stereocenters. The number of fused-ring (bicyclic) bond motifs is 6. The molecule has 0 bridgehead atoms. The number of para-hydroxylation sites is 2. The molecule has 0 radical (unpaired) electrons. The van der Waals surface area contributed by atoms with Gasteiger partial charge >= 0.3 is 0 Å². The molecule has 0 aliphatic rings. The van der Waals surface area contributed by atoms with Crippen molar-refractivity contribution in [3.63, 3.8) is 0 Å². The second kappa shape index (κ2) is 15.8. The fourth-order valence-electron chi connectivity index (χ4n) is 9.65.